The second-order valence-corrected chi connectivity index (χ2v) is 17.3. The third-order valence-corrected chi connectivity index (χ3v) is 13.8. The molecule has 2 atom stereocenters. The quantitative estimate of drug-likeness (QED) is 0.401. The zero-order valence-electron chi connectivity index (χ0n) is 14.7. The normalized spacial score (nSPS) is 33.9. The van der Waals surface area contributed by atoms with Gasteiger partial charge < -0.3 is 4.12 Å². The Morgan fingerprint density at radius 1 is 0.739 bits per heavy atom. The van der Waals surface area contributed by atoms with Gasteiger partial charge in [-0.05, 0) is 51.9 Å². The number of hydrogen-bond donors (Lipinski definition) is 0. The van der Waals surface area contributed by atoms with Crippen molar-refractivity contribution in [2.24, 2.45) is 0 Å². The first kappa shape index (κ1) is 19.4. The van der Waals surface area contributed by atoms with Crippen molar-refractivity contribution in [3.63, 3.8) is 0 Å². The molecule has 1 nitrogen and oxygen atoms in total. The van der Waals surface area contributed by atoms with Crippen molar-refractivity contribution in [2.75, 3.05) is 0 Å². The molecule has 0 spiro atoms. The number of alkyl halides is 4. The molecule has 0 aromatic rings. The fraction of sp³-hybridized carbons (Fsp3) is 1.00. The lowest BCUT2D eigenvalue weighted by Gasteiger charge is -2.51. The Morgan fingerprint density at radius 2 is 1.13 bits per heavy atom. The zero-order valence-corrected chi connectivity index (χ0v) is 16.7. The molecule has 136 valence electrons. The van der Waals surface area contributed by atoms with Crippen LogP contribution in [0.2, 0.25) is 37.3 Å². The first-order valence-electron chi connectivity index (χ1n) is 8.84. The van der Waals surface area contributed by atoms with Crippen molar-refractivity contribution in [3.05, 3.63) is 0 Å². The largest absolute Gasteiger partial charge is 0.455 e. The van der Waals surface area contributed by atoms with Crippen LogP contribution in [0.15, 0.2) is 0 Å². The number of rotatable bonds is 4. The summed E-state index contributed by atoms with van der Waals surface area (Å²) in [5.74, 6) is -5.71. The van der Waals surface area contributed by atoms with Crippen LogP contribution in [0, 0.1) is 0 Å². The van der Waals surface area contributed by atoms with Gasteiger partial charge in [0, 0.05) is 23.9 Å². The summed E-state index contributed by atoms with van der Waals surface area (Å²) in [5, 5.41) is 0. The van der Waals surface area contributed by atoms with E-state index in [1.165, 1.54) is 0 Å². The molecule has 2 fully saturated rings. The van der Waals surface area contributed by atoms with Gasteiger partial charge in [-0.1, -0.05) is 12.8 Å². The summed E-state index contributed by atoms with van der Waals surface area (Å²) in [4.78, 5) is 0. The summed E-state index contributed by atoms with van der Waals surface area (Å²) in [5.41, 5.74) is -1.94. The van der Waals surface area contributed by atoms with Gasteiger partial charge in [-0.15, -0.1) is 0 Å². The van der Waals surface area contributed by atoms with Gasteiger partial charge in [0.05, 0.1) is 0 Å². The van der Waals surface area contributed by atoms with Crippen LogP contribution >= 0.6 is 0 Å². The van der Waals surface area contributed by atoms with Gasteiger partial charge >= 0.3 is 0 Å². The molecule has 0 aromatic heterocycles. The van der Waals surface area contributed by atoms with E-state index in [1.54, 1.807) is 6.55 Å². The van der Waals surface area contributed by atoms with E-state index in [9.17, 15) is 17.6 Å². The van der Waals surface area contributed by atoms with Gasteiger partial charge in [0.15, 0.2) is 16.6 Å². The molecule has 2 saturated carbocycles. The maximum atomic E-state index is 14.7. The van der Waals surface area contributed by atoms with Gasteiger partial charge in [-0.25, -0.2) is 17.6 Å². The Bertz CT molecular complexity index is 395. The Labute approximate surface area is 139 Å². The molecule has 0 heterocycles. The monoisotopic (exact) mass is 370 g/mol. The molecule has 0 radical (unpaired) electrons. The summed E-state index contributed by atoms with van der Waals surface area (Å²) in [7, 11) is -5.48. The highest BCUT2D eigenvalue weighted by Crippen LogP contribution is 2.58. The molecule has 0 aliphatic heterocycles. The van der Waals surface area contributed by atoms with E-state index < -0.39 is 39.6 Å². The lowest BCUT2D eigenvalue weighted by atomic mass is 9.95. The molecule has 0 aromatic carbocycles. The van der Waals surface area contributed by atoms with E-state index in [1.807, 2.05) is 19.6 Å². The van der Waals surface area contributed by atoms with Crippen molar-refractivity contribution in [3.8, 4) is 0 Å². The maximum absolute atomic E-state index is 14.7. The Kier molecular flexibility index (Phi) is 5.45. The topological polar surface area (TPSA) is 9.23 Å². The van der Waals surface area contributed by atoms with Crippen molar-refractivity contribution in [1.29, 1.82) is 0 Å². The third-order valence-electron chi connectivity index (χ3n) is 5.44. The van der Waals surface area contributed by atoms with Crippen molar-refractivity contribution >= 4 is 16.6 Å². The predicted molar refractivity (Wildman–Crippen MR) is 90.4 cm³/mol. The SMILES string of the molecule is C[Si](C)(C)O[Si](C)(C1CCCCC1(F)F)C1CCCCC1(F)F. The third kappa shape index (κ3) is 4.21. The predicted octanol–water partition coefficient (Wildman–Crippen LogP) is 6.57. The summed E-state index contributed by atoms with van der Waals surface area (Å²) in [6, 6.07) is 0. The molecular formula is C16H30F4OSi2. The average molecular weight is 371 g/mol. The van der Waals surface area contributed by atoms with Crippen LogP contribution in [0.25, 0.3) is 0 Å². The Balaban J connectivity index is 2.43. The van der Waals surface area contributed by atoms with Gasteiger partial charge in [0.2, 0.25) is 0 Å². The van der Waals surface area contributed by atoms with Crippen LogP contribution in [-0.4, -0.2) is 28.5 Å². The molecule has 2 rings (SSSR count). The Morgan fingerprint density at radius 3 is 1.43 bits per heavy atom. The minimum atomic E-state index is -3.29. The highest BCUT2D eigenvalue weighted by atomic mass is 28.4. The second kappa shape index (κ2) is 6.44. The van der Waals surface area contributed by atoms with E-state index in [-0.39, 0.29) is 12.8 Å². The van der Waals surface area contributed by atoms with Crippen LogP contribution in [0.4, 0.5) is 17.6 Å². The van der Waals surface area contributed by atoms with Crippen LogP contribution in [-0.2, 0) is 4.12 Å². The molecule has 0 amide bonds. The number of halogens is 4. The Hall–Kier alpha value is 0.114. The highest BCUT2D eigenvalue weighted by Gasteiger charge is 2.63. The fourth-order valence-electron chi connectivity index (χ4n) is 4.65. The van der Waals surface area contributed by atoms with Gasteiger partial charge in [-0.2, -0.15) is 0 Å². The van der Waals surface area contributed by atoms with Gasteiger partial charge in [-0.3, -0.25) is 0 Å². The summed E-state index contributed by atoms with van der Waals surface area (Å²) < 4.78 is 65.0. The van der Waals surface area contributed by atoms with E-state index in [2.05, 4.69) is 0 Å². The highest BCUT2D eigenvalue weighted by molar-refractivity contribution is 6.86. The van der Waals surface area contributed by atoms with Crippen LogP contribution < -0.4 is 0 Å². The standard InChI is InChI=1S/C16H30F4OSi2/c1-22(2,3)21-23(4,13-9-5-7-11-15(13,17)18)14-10-6-8-12-16(14,19)20/h13-14H,5-12H2,1-4H3. The summed E-state index contributed by atoms with van der Waals surface area (Å²) >= 11 is 0. The summed E-state index contributed by atoms with van der Waals surface area (Å²) in [6.45, 7) is 7.49. The summed E-state index contributed by atoms with van der Waals surface area (Å²) in [6.07, 6.45) is 2.72. The van der Waals surface area contributed by atoms with Crippen molar-refractivity contribution in [1.82, 2.24) is 0 Å². The fourth-order valence-corrected chi connectivity index (χ4v) is 15.1. The van der Waals surface area contributed by atoms with Crippen molar-refractivity contribution in [2.45, 2.75) is 100 Å². The van der Waals surface area contributed by atoms with E-state index >= 15 is 0 Å². The van der Waals surface area contributed by atoms with Crippen LogP contribution in [0.5, 0.6) is 0 Å². The molecule has 7 heteroatoms. The van der Waals surface area contributed by atoms with Gasteiger partial charge in [0.1, 0.15) is 0 Å². The molecule has 0 saturated heterocycles. The van der Waals surface area contributed by atoms with Crippen LogP contribution in [0.1, 0.15) is 51.4 Å². The molecule has 0 N–H and O–H groups in total. The van der Waals surface area contributed by atoms with E-state index in [4.69, 9.17) is 4.12 Å². The molecule has 0 bridgehead atoms. The van der Waals surface area contributed by atoms with Gasteiger partial charge in [0.25, 0.3) is 11.8 Å². The minimum Gasteiger partial charge on any atom is -0.455 e. The molecular weight excluding hydrogens is 340 g/mol. The van der Waals surface area contributed by atoms with Crippen LogP contribution in [0.3, 0.4) is 0 Å². The maximum Gasteiger partial charge on any atom is 0.250 e. The molecule has 2 unspecified atom stereocenters. The second-order valence-electron chi connectivity index (χ2n) is 8.52. The van der Waals surface area contributed by atoms with E-state index in [0.717, 1.165) is 0 Å². The lowest BCUT2D eigenvalue weighted by Crippen LogP contribution is -2.60. The molecule has 2 aliphatic rings. The smallest absolute Gasteiger partial charge is 0.250 e. The van der Waals surface area contributed by atoms with Crippen molar-refractivity contribution < 1.29 is 21.7 Å². The average Bonchev–Trinajstić information content (AvgIpc) is 2.34. The molecule has 23 heavy (non-hydrogen) atoms. The lowest BCUT2D eigenvalue weighted by molar-refractivity contribution is -0.0566. The minimum absolute atomic E-state index is 0.173. The molecule has 2 aliphatic carbocycles. The first-order chi connectivity index (χ1) is 10.4. The van der Waals surface area contributed by atoms with E-state index in [0.29, 0.717) is 38.5 Å². The zero-order chi connectivity index (χ0) is 17.5. The first-order valence-corrected chi connectivity index (χ1v) is 14.8. The number of hydrogen-bond acceptors (Lipinski definition) is 1.